The van der Waals surface area contributed by atoms with E-state index in [0.29, 0.717) is 18.8 Å². The van der Waals surface area contributed by atoms with Gasteiger partial charge in [-0.05, 0) is 18.7 Å². The molecule has 2 rings (SSSR count). The van der Waals surface area contributed by atoms with Crippen molar-refractivity contribution in [1.29, 1.82) is 0 Å². The van der Waals surface area contributed by atoms with E-state index in [1.165, 1.54) is 6.20 Å². The van der Waals surface area contributed by atoms with Gasteiger partial charge >= 0.3 is 5.97 Å². The lowest BCUT2D eigenvalue weighted by atomic mass is 10.2. The maximum Gasteiger partial charge on any atom is 0.339 e. The molecule has 0 atom stereocenters. The van der Waals surface area contributed by atoms with Crippen molar-refractivity contribution in [3.63, 3.8) is 0 Å². The molecule has 0 aliphatic rings. The van der Waals surface area contributed by atoms with Crippen molar-refractivity contribution in [3.05, 3.63) is 41.6 Å². The highest BCUT2D eigenvalue weighted by Gasteiger charge is 2.17. The van der Waals surface area contributed by atoms with Gasteiger partial charge in [0.2, 0.25) is 0 Å². The standard InChI is InChI=1S/C13H17N3O3/c1-3-16(8-10-5-4-6-19-10)9-12-11(13(17)18)7-14-15(12)2/h4-7H,3,8-9H2,1-2H3,(H,17,18). The van der Waals surface area contributed by atoms with E-state index >= 15 is 0 Å². The van der Waals surface area contributed by atoms with E-state index in [-0.39, 0.29) is 5.56 Å². The Labute approximate surface area is 111 Å². The maximum absolute atomic E-state index is 11.1. The van der Waals surface area contributed by atoms with Gasteiger partial charge in [-0.2, -0.15) is 5.10 Å². The van der Waals surface area contributed by atoms with Crippen LogP contribution in [0.4, 0.5) is 0 Å². The molecule has 6 heteroatoms. The topological polar surface area (TPSA) is 71.5 Å². The van der Waals surface area contributed by atoms with Crippen LogP contribution >= 0.6 is 0 Å². The first-order valence-corrected chi connectivity index (χ1v) is 6.10. The monoisotopic (exact) mass is 263 g/mol. The molecule has 6 nitrogen and oxygen atoms in total. The molecule has 2 aromatic heterocycles. The highest BCUT2D eigenvalue weighted by Crippen LogP contribution is 2.13. The molecular formula is C13H17N3O3. The smallest absolute Gasteiger partial charge is 0.339 e. The molecule has 1 N–H and O–H groups in total. The van der Waals surface area contributed by atoms with Crippen LogP contribution in [0.1, 0.15) is 28.7 Å². The number of furan rings is 1. The van der Waals surface area contributed by atoms with E-state index in [4.69, 9.17) is 9.52 Å². The van der Waals surface area contributed by atoms with E-state index in [2.05, 4.69) is 10.00 Å². The van der Waals surface area contributed by atoms with Gasteiger partial charge in [-0.1, -0.05) is 6.92 Å². The molecule has 0 spiro atoms. The first-order chi connectivity index (χ1) is 9.11. The second-order valence-electron chi connectivity index (χ2n) is 4.32. The number of carbonyl (C=O) groups is 1. The zero-order valence-electron chi connectivity index (χ0n) is 11.0. The van der Waals surface area contributed by atoms with Crippen LogP contribution in [-0.2, 0) is 20.1 Å². The summed E-state index contributed by atoms with van der Waals surface area (Å²) in [6.45, 7) is 3.99. The number of carboxylic acids is 1. The Morgan fingerprint density at radius 2 is 2.32 bits per heavy atom. The molecule has 0 fully saturated rings. The number of carboxylic acid groups (broad SMARTS) is 1. The van der Waals surface area contributed by atoms with Gasteiger partial charge in [0, 0.05) is 13.6 Å². The molecule has 0 radical (unpaired) electrons. The lowest BCUT2D eigenvalue weighted by Crippen LogP contribution is -2.24. The predicted molar refractivity (Wildman–Crippen MR) is 68.7 cm³/mol. The summed E-state index contributed by atoms with van der Waals surface area (Å²) in [5.74, 6) is -0.0851. The number of hydrogen-bond donors (Lipinski definition) is 1. The summed E-state index contributed by atoms with van der Waals surface area (Å²) in [6, 6.07) is 3.75. The quantitative estimate of drug-likeness (QED) is 0.859. The molecule has 0 amide bonds. The van der Waals surface area contributed by atoms with Gasteiger partial charge in [-0.3, -0.25) is 9.58 Å². The Bertz CT molecular complexity index is 545. The minimum absolute atomic E-state index is 0.250. The average molecular weight is 263 g/mol. The molecule has 0 aliphatic heterocycles. The van der Waals surface area contributed by atoms with E-state index in [1.807, 2.05) is 19.1 Å². The number of aromatic nitrogens is 2. The van der Waals surface area contributed by atoms with Gasteiger partial charge in [0.05, 0.1) is 24.7 Å². The minimum atomic E-state index is -0.947. The van der Waals surface area contributed by atoms with Crippen molar-refractivity contribution in [2.24, 2.45) is 7.05 Å². The zero-order chi connectivity index (χ0) is 13.8. The van der Waals surface area contributed by atoms with E-state index in [0.717, 1.165) is 12.3 Å². The van der Waals surface area contributed by atoms with Gasteiger partial charge in [-0.25, -0.2) is 4.79 Å². The van der Waals surface area contributed by atoms with Gasteiger partial charge < -0.3 is 9.52 Å². The summed E-state index contributed by atoms with van der Waals surface area (Å²) >= 11 is 0. The van der Waals surface area contributed by atoms with Crippen molar-refractivity contribution in [2.45, 2.75) is 20.0 Å². The average Bonchev–Trinajstić information content (AvgIpc) is 2.99. The molecule has 0 saturated carbocycles. The Morgan fingerprint density at radius 1 is 1.53 bits per heavy atom. The SMILES string of the molecule is CCN(Cc1ccco1)Cc1c(C(=O)O)cnn1C. The van der Waals surface area contributed by atoms with E-state index in [1.54, 1.807) is 18.0 Å². The van der Waals surface area contributed by atoms with Gasteiger partial charge in [0.25, 0.3) is 0 Å². The molecule has 19 heavy (non-hydrogen) atoms. The summed E-state index contributed by atoms with van der Waals surface area (Å²) in [6.07, 6.45) is 3.02. The zero-order valence-corrected chi connectivity index (χ0v) is 11.0. The fourth-order valence-electron chi connectivity index (χ4n) is 1.94. The fourth-order valence-corrected chi connectivity index (χ4v) is 1.94. The highest BCUT2D eigenvalue weighted by molar-refractivity contribution is 5.88. The van der Waals surface area contributed by atoms with Crippen LogP contribution < -0.4 is 0 Å². The van der Waals surface area contributed by atoms with Gasteiger partial charge in [-0.15, -0.1) is 0 Å². The number of nitrogens with zero attached hydrogens (tertiary/aromatic N) is 3. The van der Waals surface area contributed by atoms with Crippen LogP contribution in [0.3, 0.4) is 0 Å². The predicted octanol–water partition coefficient (Wildman–Crippen LogP) is 1.73. The molecule has 0 aliphatic carbocycles. The van der Waals surface area contributed by atoms with Gasteiger partial charge in [0.1, 0.15) is 11.3 Å². The Morgan fingerprint density at radius 3 is 2.89 bits per heavy atom. The first kappa shape index (κ1) is 13.4. The van der Waals surface area contributed by atoms with Crippen molar-refractivity contribution >= 4 is 5.97 Å². The summed E-state index contributed by atoms with van der Waals surface area (Å²) < 4.78 is 6.92. The van der Waals surface area contributed by atoms with Crippen LogP contribution in [0.5, 0.6) is 0 Å². The number of aryl methyl sites for hydroxylation is 1. The molecule has 2 aromatic rings. The minimum Gasteiger partial charge on any atom is -0.478 e. The first-order valence-electron chi connectivity index (χ1n) is 6.10. The fraction of sp³-hybridized carbons (Fsp3) is 0.385. The van der Waals surface area contributed by atoms with Crippen LogP contribution in [0.25, 0.3) is 0 Å². The highest BCUT2D eigenvalue weighted by atomic mass is 16.4. The van der Waals surface area contributed by atoms with Gasteiger partial charge in [0.15, 0.2) is 0 Å². The van der Waals surface area contributed by atoms with Crippen LogP contribution in [0.2, 0.25) is 0 Å². The Hall–Kier alpha value is -2.08. The van der Waals surface area contributed by atoms with E-state index < -0.39 is 5.97 Å². The number of rotatable bonds is 6. The molecule has 0 unspecified atom stereocenters. The number of hydrogen-bond acceptors (Lipinski definition) is 4. The molecule has 0 saturated heterocycles. The van der Waals surface area contributed by atoms with Crippen molar-refractivity contribution < 1.29 is 14.3 Å². The summed E-state index contributed by atoms with van der Waals surface area (Å²) in [4.78, 5) is 13.2. The lowest BCUT2D eigenvalue weighted by molar-refractivity contribution is 0.0694. The molecular weight excluding hydrogens is 246 g/mol. The second-order valence-corrected chi connectivity index (χ2v) is 4.32. The molecule has 102 valence electrons. The Balaban J connectivity index is 2.14. The number of aromatic carboxylic acids is 1. The van der Waals surface area contributed by atoms with E-state index in [9.17, 15) is 4.79 Å². The third-order valence-corrected chi connectivity index (χ3v) is 3.07. The lowest BCUT2D eigenvalue weighted by Gasteiger charge is -2.19. The third-order valence-electron chi connectivity index (χ3n) is 3.07. The van der Waals surface area contributed by atoms with Crippen molar-refractivity contribution in [3.8, 4) is 0 Å². The van der Waals surface area contributed by atoms with Crippen LogP contribution in [-0.4, -0.2) is 32.3 Å². The molecule has 0 bridgehead atoms. The second kappa shape index (κ2) is 5.71. The normalized spacial score (nSPS) is 11.1. The molecule has 0 aromatic carbocycles. The van der Waals surface area contributed by atoms with Crippen LogP contribution in [0.15, 0.2) is 29.0 Å². The van der Waals surface area contributed by atoms with Crippen molar-refractivity contribution in [2.75, 3.05) is 6.54 Å². The van der Waals surface area contributed by atoms with Crippen LogP contribution in [0, 0.1) is 0 Å². The Kier molecular flexibility index (Phi) is 4.01. The maximum atomic E-state index is 11.1. The summed E-state index contributed by atoms with van der Waals surface area (Å²) in [5.41, 5.74) is 0.946. The largest absolute Gasteiger partial charge is 0.478 e. The third kappa shape index (κ3) is 3.03. The van der Waals surface area contributed by atoms with Crippen molar-refractivity contribution in [1.82, 2.24) is 14.7 Å². The molecule has 2 heterocycles. The summed E-state index contributed by atoms with van der Waals surface area (Å²) in [7, 11) is 1.75. The summed E-state index contributed by atoms with van der Waals surface area (Å²) in [5, 5.41) is 13.1.